The van der Waals surface area contributed by atoms with Crippen LogP contribution in [0.25, 0.3) is 0 Å². The lowest BCUT2D eigenvalue weighted by Crippen LogP contribution is -2.32. The molecule has 0 fully saturated rings. The highest BCUT2D eigenvalue weighted by Gasteiger charge is 2.09. The maximum Gasteiger partial charge on any atom is 0.241 e. The first-order chi connectivity index (χ1) is 6.50. The molecule has 0 aliphatic rings. The van der Waals surface area contributed by atoms with Gasteiger partial charge in [0.2, 0.25) is 5.91 Å². The fourth-order valence-electron chi connectivity index (χ4n) is 0.840. The van der Waals surface area contributed by atoms with Gasteiger partial charge in [0.15, 0.2) is 0 Å². The molecule has 0 saturated heterocycles. The predicted molar refractivity (Wildman–Crippen MR) is 58.7 cm³/mol. The van der Waals surface area contributed by atoms with Gasteiger partial charge in [-0.25, -0.2) is 0 Å². The van der Waals surface area contributed by atoms with E-state index in [1.165, 1.54) is 0 Å². The van der Waals surface area contributed by atoms with E-state index in [0.29, 0.717) is 15.7 Å². The number of carbonyl (C=O) groups excluding carboxylic acids is 1. The molecule has 3 nitrogen and oxygen atoms in total. The fraction of sp³-hybridized carbons (Fsp3) is 0.222. The second-order valence-electron chi connectivity index (χ2n) is 2.90. The monoisotopic (exact) mass is 232 g/mol. The van der Waals surface area contributed by atoms with Crippen molar-refractivity contribution < 1.29 is 4.79 Å². The lowest BCUT2D eigenvalue weighted by molar-refractivity contribution is -0.117. The van der Waals surface area contributed by atoms with E-state index in [1.54, 1.807) is 25.1 Å². The minimum Gasteiger partial charge on any atom is -0.323 e. The minimum atomic E-state index is -0.579. The van der Waals surface area contributed by atoms with Crippen LogP contribution in [0.15, 0.2) is 18.2 Å². The Morgan fingerprint density at radius 2 is 2.14 bits per heavy atom. The molecule has 0 radical (unpaired) electrons. The maximum atomic E-state index is 11.2. The van der Waals surface area contributed by atoms with Gasteiger partial charge in [0.1, 0.15) is 0 Å². The van der Waals surface area contributed by atoms with E-state index in [2.05, 4.69) is 5.32 Å². The highest BCUT2D eigenvalue weighted by Crippen LogP contribution is 2.25. The van der Waals surface area contributed by atoms with Gasteiger partial charge in [-0.3, -0.25) is 4.79 Å². The molecule has 5 heteroatoms. The normalized spacial score (nSPS) is 12.3. The van der Waals surface area contributed by atoms with Crippen molar-refractivity contribution in [1.82, 2.24) is 0 Å². The second-order valence-corrected chi connectivity index (χ2v) is 3.75. The molecule has 1 amide bonds. The molecule has 0 aliphatic carbocycles. The number of anilines is 1. The highest BCUT2D eigenvalue weighted by atomic mass is 35.5. The number of hydrogen-bond donors (Lipinski definition) is 2. The number of halogens is 2. The van der Waals surface area contributed by atoms with Crippen LogP contribution in [0.4, 0.5) is 5.69 Å². The summed E-state index contributed by atoms with van der Waals surface area (Å²) in [5.41, 5.74) is 5.86. The van der Waals surface area contributed by atoms with Crippen molar-refractivity contribution in [1.29, 1.82) is 0 Å². The van der Waals surface area contributed by atoms with Crippen LogP contribution in [0.5, 0.6) is 0 Å². The Morgan fingerprint density at radius 1 is 1.50 bits per heavy atom. The van der Waals surface area contributed by atoms with E-state index in [1.807, 2.05) is 0 Å². The van der Waals surface area contributed by atoms with Gasteiger partial charge in [-0.1, -0.05) is 23.2 Å². The smallest absolute Gasteiger partial charge is 0.241 e. The Morgan fingerprint density at radius 3 is 2.71 bits per heavy atom. The summed E-state index contributed by atoms with van der Waals surface area (Å²) in [4.78, 5) is 11.2. The lowest BCUT2D eigenvalue weighted by atomic mass is 10.3. The Labute approximate surface area is 92.2 Å². The van der Waals surface area contributed by atoms with Crippen LogP contribution in [0, 0.1) is 0 Å². The van der Waals surface area contributed by atoms with Crippen LogP contribution in [-0.4, -0.2) is 11.9 Å². The molecule has 1 rings (SSSR count). The van der Waals surface area contributed by atoms with E-state index in [9.17, 15) is 4.79 Å². The summed E-state index contributed by atoms with van der Waals surface area (Å²) >= 11 is 11.6. The van der Waals surface area contributed by atoms with Gasteiger partial charge in [0, 0.05) is 5.02 Å². The zero-order valence-electron chi connectivity index (χ0n) is 7.55. The van der Waals surface area contributed by atoms with E-state index in [4.69, 9.17) is 28.9 Å². The molecular formula is C9H10Cl2N2O. The third-order valence-corrected chi connectivity index (χ3v) is 2.16. The van der Waals surface area contributed by atoms with E-state index >= 15 is 0 Å². The Hall–Kier alpha value is -0.770. The van der Waals surface area contributed by atoms with Crippen molar-refractivity contribution in [3.8, 4) is 0 Å². The third kappa shape index (κ3) is 2.87. The van der Waals surface area contributed by atoms with Crippen molar-refractivity contribution in [3.63, 3.8) is 0 Å². The summed E-state index contributed by atoms with van der Waals surface area (Å²) in [6.45, 7) is 1.59. The fourth-order valence-corrected chi connectivity index (χ4v) is 1.18. The molecule has 0 saturated carbocycles. The molecule has 1 aromatic rings. The zero-order chi connectivity index (χ0) is 10.7. The standard InChI is InChI=1S/C9H10Cl2N2O/c1-5(12)9(14)13-8-4-6(10)2-3-7(8)11/h2-5H,12H2,1H3,(H,13,14). The number of nitrogens with two attached hydrogens (primary N) is 1. The zero-order valence-corrected chi connectivity index (χ0v) is 9.06. The number of carbonyl (C=O) groups is 1. The van der Waals surface area contributed by atoms with Gasteiger partial charge in [-0.2, -0.15) is 0 Å². The molecule has 0 bridgehead atoms. The van der Waals surface area contributed by atoms with Gasteiger partial charge >= 0.3 is 0 Å². The van der Waals surface area contributed by atoms with Crippen LogP contribution in [0.2, 0.25) is 10.0 Å². The Balaban J connectivity index is 2.86. The quantitative estimate of drug-likeness (QED) is 0.823. The summed E-state index contributed by atoms with van der Waals surface area (Å²) in [5.74, 6) is -0.297. The number of nitrogens with one attached hydrogen (secondary N) is 1. The molecule has 14 heavy (non-hydrogen) atoms. The van der Waals surface area contributed by atoms with Crippen LogP contribution < -0.4 is 11.1 Å². The van der Waals surface area contributed by atoms with E-state index in [-0.39, 0.29) is 5.91 Å². The highest BCUT2D eigenvalue weighted by molar-refractivity contribution is 6.35. The van der Waals surface area contributed by atoms with Crippen molar-refractivity contribution in [2.45, 2.75) is 13.0 Å². The molecule has 3 N–H and O–H groups in total. The first kappa shape index (κ1) is 11.3. The Bertz CT molecular complexity index is 353. The minimum absolute atomic E-state index is 0.297. The number of hydrogen-bond acceptors (Lipinski definition) is 2. The Kier molecular flexibility index (Phi) is 3.75. The molecule has 76 valence electrons. The molecule has 0 spiro atoms. The number of amides is 1. The van der Waals surface area contributed by atoms with Crippen molar-refractivity contribution in [2.75, 3.05) is 5.32 Å². The molecule has 0 aromatic heterocycles. The van der Waals surface area contributed by atoms with Gasteiger partial charge in [0.25, 0.3) is 0 Å². The number of benzene rings is 1. The van der Waals surface area contributed by atoms with Crippen molar-refractivity contribution in [2.24, 2.45) is 5.73 Å². The molecule has 0 aliphatic heterocycles. The predicted octanol–water partition coefficient (Wildman–Crippen LogP) is 2.28. The topological polar surface area (TPSA) is 55.1 Å². The van der Waals surface area contributed by atoms with Gasteiger partial charge in [0.05, 0.1) is 16.8 Å². The summed E-state index contributed by atoms with van der Waals surface area (Å²) < 4.78 is 0. The largest absolute Gasteiger partial charge is 0.323 e. The van der Waals surface area contributed by atoms with Crippen LogP contribution >= 0.6 is 23.2 Å². The third-order valence-electron chi connectivity index (χ3n) is 1.60. The van der Waals surface area contributed by atoms with Gasteiger partial charge in [-0.15, -0.1) is 0 Å². The summed E-state index contributed by atoms with van der Waals surface area (Å²) in [6.07, 6.45) is 0. The number of rotatable bonds is 2. The van der Waals surface area contributed by atoms with E-state index in [0.717, 1.165) is 0 Å². The molecule has 1 aromatic carbocycles. The van der Waals surface area contributed by atoms with E-state index < -0.39 is 6.04 Å². The second kappa shape index (κ2) is 4.64. The molecule has 1 unspecified atom stereocenters. The van der Waals surface area contributed by atoms with Gasteiger partial charge < -0.3 is 11.1 Å². The van der Waals surface area contributed by atoms with Crippen LogP contribution in [0.3, 0.4) is 0 Å². The summed E-state index contributed by atoms with van der Waals surface area (Å²) in [7, 11) is 0. The summed E-state index contributed by atoms with van der Waals surface area (Å²) in [6, 6.07) is 4.25. The van der Waals surface area contributed by atoms with Gasteiger partial charge in [-0.05, 0) is 25.1 Å². The molecular weight excluding hydrogens is 223 g/mol. The van der Waals surface area contributed by atoms with Crippen molar-refractivity contribution in [3.05, 3.63) is 28.2 Å². The summed E-state index contributed by atoms with van der Waals surface area (Å²) in [5, 5.41) is 3.51. The molecule has 0 heterocycles. The first-order valence-electron chi connectivity index (χ1n) is 4.02. The van der Waals surface area contributed by atoms with Crippen LogP contribution in [0.1, 0.15) is 6.92 Å². The average molecular weight is 233 g/mol. The van der Waals surface area contributed by atoms with Crippen LogP contribution in [-0.2, 0) is 4.79 Å². The maximum absolute atomic E-state index is 11.2. The average Bonchev–Trinajstić information content (AvgIpc) is 2.11. The lowest BCUT2D eigenvalue weighted by Gasteiger charge is -2.09. The van der Waals surface area contributed by atoms with Crippen molar-refractivity contribution >= 4 is 34.8 Å². The first-order valence-corrected chi connectivity index (χ1v) is 4.78. The molecule has 1 atom stereocenters. The SMILES string of the molecule is CC(N)C(=O)Nc1cc(Cl)ccc1Cl.